The fourth-order valence-electron chi connectivity index (χ4n) is 2.11. The second-order valence-electron chi connectivity index (χ2n) is 3.96. The van der Waals surface area contributed by atoms with Crippen LogP contribution in [0, 0.1) is 11.3 Å². The molecule has 0 radical (unpaired) electrons. The van der Waals surface area contributed by atoms with E-state index in [0.717, 1.165) is 30.0 Å². The summed E-state index contributed by atoms with van der Waals surface area (Å²) < 4.78 is 10.9. The third-order valence-electron chi connectivity index (χ3n) is 2.90. The van der Waals surface area contributed by atoms with Crippen LogP contribution in [-0.2, 0) is 6.42 Å². The van der Waals surface area contributed by atoms with E-state index in [1.165, 1.54) is 11.6 Å². The van der Waals surface area contributed by atoms with E-state index in [4.69, 9.17) is 14.7 Å². The Morgan fingerprint density at radius 2 is 2.28 bits per heavy atom. The predicted molar refractivity (Wildman–Crippen MR) is 69.5 cm³/mol. The molecule has 0 fully saturated rings. The lowest BCUT2D eigenvalue weighted by Gasteiger charge is -2.22. The molecular formula is C14H16N2O2. The van der Waals surface area contributed by atoms with E-state index < -0.39 is 0 Å². The van der Waals surface area contributed by atoms with Gasteiger partial charge in [0.05, 0.1) is 25.5 Å². The van der Waals surface area contributed by atoms with E-state index in [1.54, 1.807) is 7.11 Å². The first-order chi connectivity index (χ1) is 8.80. The lowest BCUT2D eigenvalue weighted by atomic mass is 9.97. The normalized spacial score (nSPS) is 15.5. The molecule has 0 aliphatic carbocycles. The number of ether oxygens (including phenoxy) is 2. The average molecular weight is 244 g/mol. The lowest BCUT2D eigenvalue weighted by Crippen LogP contribution is -2.22. The molecular weight excluding hydrogens is 228 g/mol. The Balaban J connectivity index is 2.50. The largest absolute Gasteiger partial charge is 0.493 e. The fourth-order valence-corrected chi connectivity index (χ4v) is 2.11. The minimum Gasteiger partial charge on any atom is -0.493 e. The molecule has 0 atom stereocenters. The Labute approximate surface area is 107 Å². The molecule has 1 aromatic carbocycles. The summed E-state index contributed by atoms with van der Waals surface area (Å²) in [5.41, 5.74) is 3.04. The second kappa shape index (κ2) is 5.46. The number of rotatable bonds is 3. The molecule has 1 aromatic rings. The van der Waals surface area contributed by atoms with Crippen LogP contribution in [0.5, 0.6) is 11.5 Å². The minimum absolute atomic E-state index is 0.605. The Bertz CT molecular complexity index is 515. The van der Waals surface area contributed by atoms with Crippen molar-refractivity contribution in [3.8, 4) is 17.6 Å². The van der Waals surface area contributed by atoms with Crippen molar-refractivity contribution in [1.82, 2.24) is 5.32 Å². The zero-order chi connectivity index (χ0) is 13.0. The summed E-state index contributed by atoms with van der Waals surface area (Å²) in [6.07, 6.45) is 2.44. The molecule has 1 aliphatic rings. The Kier molecular flexibility index (Phi) is 3.73. The standard InChI is InChI=1S/C14H16N2O2/c1-3-18-14-8-10-5-7-16-12(4-6-15)11(10)9-13(14)17-2/h4,8-9,16H,3,5,7H2,1-2H3/b12-4-. The Hall–Kier alpha value is -2.15. The Morgan fingerprint density at radius 3 is 2.94 bits per heavy atom. The molecule has 0 aromatic heterocycles. The zero-order valence-corrected chi connectivity index (χ0v) is 10.6. The van der Waals surface area contributed by atoms with Crippen LogP contribution in [0.1, 0.15) is 18.1 Å². The van der Waals surface area contributed by atoms with Crippen molar-refractivity contribution < 1.29 is 9.47 Å². The summed E-state index contributed by atoms with van der Waals surface area (Å²) in [6.45, 7) is 3.38. The van der Waals surface area contributed by atoms with Crippen molar-refractivity contribution in [1.29, 1.82) is 5.26 Å². The molecule has 4 nitrogen and oxygen atoms in total. The smallest absolute Gasteiger partial charge is 0.161 e. The van der Waals surface area contributed by atoms with Crippen LogP contribution in [0.3, 0.4) is 0 Å². The van der Waals surface area contributed by atoms with Crippen LogP contribution in [0.25, 0.3) is 5.70 Å². The number of fused-ring (bicyclic) bond motifs is 1. The van der Waals surface area contributed by atoms with Crippen molar-refractivity contribution >= 4 is 5.70 Å². The minimum atomic E-state index is 0.605. The summed E-state index contributed by atoms with van der Waals surface area (Å²) in [6, 6.07) is 5.99. The van der Waals surface area contributed by atoms with Gasteiger partial charge in [-0.05, 0) is 31.0 Å². The first kappa shape index (κ1) is 12.3. The van der Waals surface area contributed by atoms with Crippen molar-refractivity contribution in [3.05, 3.63) is 29.3 Å². The van der Waals surface area contributed by atoms with Gasteiger partial charge in [-0.3, -0.25) is 0 Å². The zero-order valence-electron chi connectivity index (χ0n) is 10.6. The maximum absolute atomic E-state index is 8.79. The number of benzene rings is 1. The van der Waals surface area contributed by atoms with Gasteiger partial charge in [-0.1, -0.05) is 0 Å². The fraction of sp³-hybridized carbons (Fsp3) is 0.357. The average Bonchev–Trinajstić information content (AvgIpc) is 2.39. The summed E-state index contributed by atoms with van der Waals surface area (Å²) in [4.78, 5) is 0. The van der Waals surface area contributed by atoms with E-state index in [1.807, 2.05) is 19.1 Å². The van der Waals surface area contributed by atoms with Crippen LogP contribution >= 0.6 is 0 Å². The van der Waals surface area contributed by atoms with E-state index in [0.29, 0.717) is 12.4 Å². The number of hydrogen-bond acceptors (Lipinski definition) is 4. The number of hydrogen-bond donors (Lipinski definition) is 1. The molecule has 1 aliphatic heterocycles. The van der Waals surface area contributed by atoms with Gasteiger partial charge in [-0.15, -0.1) is 0 Å². The van der Waals surface area contributed by atoms with Crippen LogP contribution in [0.4, 0.5) is 0 Å². The molecule has 0 bridgehead atoms. The van der Waals surface area contributed by atoms with Gasteiger partial charge in [0.2, 0.25) is 0 Å². The van der Waals surface area contributed by atoms with E-state index in [2.05, 4.69) is 11.4 Å². The number of allylic oxidation sites excluding steroid dienone is 1. The number of nitrogens with one attached hydrogen (secondary N) is 1. The van der Waals surface area contributed by atoms with Crippen LogP contribution in [-0.4, -0.2) is 20.3 Å². The van der Waals surface area contributed by atoms with Crippen LogP contribution < -0.4 is 14.8 Å². The molecule has 0 unspecified atom stereocenters. The maximum Gasteiger partial charge on any atom is 0.161 e. The van der Waals surface area contributed by atoms with E-state index >= 15 is 0 Å². The quantitative estimate of drug-likeness (QED) is 0.827. The first-order valence-corrected chi connectivity index (χ1v) is 5.98. The highest BCUT2D eigenvalue weighted by Crippen LogP contribution is 2.34. The highest BCUT2D eigenvalue weighted by molar-refractivity contribution is 5.73. The molecule has 0 saturated heterocycles. The van der Waals surface area contributed by atoms with Crippen molar-refractivity contribution in [2.24, 2.45) is 0 Å². The van der Waals surface area contributed by atoms with Gasteiger partial charge in [0.25, 0.3) is 0 Å². The Morgan fingerprint density at radius 1 is 1.44 bits per heavy atom. The van der Waals surface area contributed by atoms with Gasteiger partial charge >= 0.3 is 0 Å². The van der Waals surface area contributed by atoms with Crippen LogP contribution in [0.15, 0.2) is 18.2 Å². The first-order valence-electron chi connectivity index (χ1n) is 5.98. The monoisotopic (exact) mass is 244 g/mol. The number of nitrogens with zero attached hydrogens (tertiary/aromatic N) is 1. The molecule has 0 spiro atoms. The van der Waals surface area contributed by atoms with Gasteiger partial charge in [-0.2, -0.15) is 5.26 Å². The van der Waals surface area contributed by atoms with Crippen molar-refractivity contribution in [2.45, 2.75) is 13.3 Å². The van der Waals surface area contributed by atoms with E-state index in [9.17, 15) is 0 Å². The molecule has 94 valence electrons. The van der Waals surface area contributed by atoms with Gasteiger partial charge in [-0.25, -0.2) is 0 Å². The number of methoxy groups -OCH3 is 1. The molecule has 1 heterocycles. The summed E-state index contributed by atoms with van der Waals surface area (Å²) in [5, 5.41) is 12.0. The van der Waals surface area contributed by atoms with Crippen LogP contribution in [0.2, 0.25) is 0 Å². The highest BCUT2D eigenvalue weighted by Gasteiger charge is 2.17. The van der Waals surface area contributed by atoms with Crippen molar-refractivity contribution in [2.75, 3.05) is 20.3 Å². The molecule has 1 N–H and O–H groups in total. The number of nitriles is 1. The second-order valence-corrected chi connectivity index (χ2v) is 3.96. The summed E-state index contributed by atoms with van der Waals surface area (Å²) in [5.74, 6) is 1.46. The molecule has 18 heavy (non-hydrogen) atoms. The van der Waals surface area contributed by atoms with Gasteiger partial charge in [0, 0.05) is 18.2 Å². The molecule has 2 rings (SSSR count). The molecule has 4 heteroatoms. The SMILES string of the molecule is CCOc1cc2c(cc1OC)/C(=C/C#N)NCC2. The summed E-state index contributed by atoms with van der Waals surface area (Å²) in [7, 11) is 1.62. The third-order valence-corrected chi connectivity index (χ3v) is 2.90. The predicted octanol–water partition coefficient (Wildman–Crippen LogP) is 2.10. The lowest BCUT2D eigenvalue weighted by molar-refractivity contribution is 0.310. The topological polar surface area (TPSA) is 54.3 Å². The molecule has 0 amide bonds. The highest BCUT2D eigenvalue weighted by atomic mass is 16.5. The van der Waals surface area contributed by atoms with Crippen molar-refractivity contribution in [3.63, 3.8) is 0 Å². The maximum atomic E-state index is 8.79. The third kappa shape index (κ3) is 2.25. The molecule has 0 saturated carbocycles. The van der Waals surface area contributed by atoms with Gasteiger partial charge in [0.1, 0.15) is 0 Å². The summed E-state index contributed by atoms with van der Waals surface area (Å²) >= 11 is 0. The van der Waals surface area contributed by atoms with E-state index in [-0.39, 0.29) is 0 Å². The van der Waals surface area contributed by atoms with Gasteiger partial charge < -0.3 is 14.8 Å². The van der Waals surface area contributed by atoms with Gasteiger partial charge in [0.15, 0.2) is 11.5 Å².